The van der Waals surface area contributed by atoms with E-state index in [0.29, 0.717) is 33.9 Å². The van der Waals surface area contributed by atoms with Crippen LogP contribution in [0.25, 0.3) is 5.69 Å². The Morgan fingerprint density at radius 1 is 0.494 bits per heavy atom. The summed E-state index contributed by atoms with van der Waals surface area (Å²) in [5.41, 5.74) is 2.52. The third kappa shape index (κ3) is 19.1. The summed E-state index contributed by atoms with van der Waals surface area (Å²) in [5, 5.41) is 78.1. The van der Waals surface area contributed by atoms with Gasteiger partial charge in [0.15, 0.2) is 0 Å². The number of carboxylic acid groups (broad SMARTS) is 6. The quantitative estimate of drug-likeness (QED) is 0.0422. The first kappa shape index (κ1) is 63.7. The number of aromatic nitrogens is 3. The van der Waals surface area contributed by atoms with E-state index in [2.05, 4.69) is 42.2 Å². The highest BCUT2D eigenvalue weighted by Gasteiger charge is 2.31. The van der Waals surface area contributed by atoms with Crippen molar-refractivity contribution in [2.45, 2.75) is 75.5 Å². The number of nitrogens with one attached hydrogen (secondary N) is 6. The van der Waals surface area contributed by atoms with Gasteiger partial charge in [-0.1, -0.05) is 29.5 Å². The molecule has 2 saturated heterocycles. The zero-order valence-electron chi connectivity index (χ0n) is 45.3. The van der Waals surface area contributed by atoms with Gasteiger partial charge >= 0.3 is 59.9 Å². The number of aryl methyl sites for hydroxylation is 1. The van der Waals surface area contributed by atoms with Crippen molar-refractivity contribution in [3.8, 4) is 5.69 Å². The van der Waals surface area contributed by atoms with Crippen LogP contribution in [0.3, 0.4) is 0 Å². The zero-order chi connectivity index (χ0) is 61.9. The first-order chi connectivity index (χ1) is 40.5. The number of rotatable bonds is 26. The van der Waals surface area contributed by atoms with Gasteiger partial charge in [-0.05, 0) is 79.3 Å². The number of hydrogen-bond donors (Lipinski definition) is 12. The highest BCUT2D eigenvalue weighted by molar-refractivity contribution is 6.01. The summed E-state index contributed by atoms with van der Waals surface area (Å²) in [6.45, 7) is 0.192. The lowest BCUT2D eigenvalue weighted by Gasteiger charge is -2.35. The lowest BCUT2D eigenvalue weighted by atomic mass is 10.1. The second-order valence-electron chi connectivity index (χ2n) is 19.6. The molecule has 0 radical (unpaired) electrons. The molecule has 32 heteroatoms. The number of urea groups is 4. The number of benzene rings is 3. The molecule has 85 heavy (non-hydrogen) atoms. The summed E-state index contributed by atoms with van der Waals surface area (Å²) >= 11 is 0. The van der Waals surface area contributed by atoms with Crippen LogP contribution in [0.5, 0.6) is 0 Å². The van der Waals surface area contributed by atoms with Crippen LogP contribution in [-0.2, 0) is 48.0 Å². The van der Waals surface area contributed by atoms with Crippen molar-refractivity contribution in [2.24, 2.45) is 0 Å². The molecule has 0 bridgehead atoms. The normalized spacial score (nSPS) is 14.6. The van der Waals surface area contributed by atoms with Crippen LogP contribution >= 0.6 is 0 Å². The lowest BCUT2D eigenvalue weighted by molar-refractivity contribution is -0.142. The Bertz CT molecular complexity index is 2950. The SMILES string of the molecule is O=C(O)CCC(NC(=O)NC(Cc1ccc(NC(=O)N2CCN(C(=O)c3cc(C(=O)N4CCN(C(=O)Nc5ccc(CC(NC(=O)NC(CCC(=O)O)C(=O)O)C(=O)O)cc5)CC4)cc(-n4cc(CCCF)nn4)c3)CC2)cc1)C(=O)O)C(=O)O. The van der Waals surface area contributed by atoms with Gasteiger partial charge in [0.2, 0.25) is 0 Å². The maximum absolute atomic E-state index is 14.2. The third-order valence-electron chi connectivity index (χ3n) is 13.5. The van der Waals surface area contributed by atoms with Gasteiger partial charge in [-0.3, -0.25) is 23.6 Å². The average molecular weight is 1190 g/mol. The van der Waals surface area contributed by atoms with Crippen LogP contribution in [-0.4, -0.2) is 220 Å². The van der Waals surface area contributed by atoms with E-state index < -0.39 is 128 Å². The standard InChI is InChI=1S/C53H62FN13O18/c54-15-1-2-36-29-67(62-61-36)37-27-32(44(72)63-16-20-65(21-17-63)52(84)55-34-7-3-30(4-8-34)24-40(48(78)79)59-50(82)57-38(46(74)75)11-13-42(68)69)26-33(28-37)45(73)64-18-22-66(23-19-64)53(85)56-35-9-5-31(6-10-35)25-41(49(80)81)60-51(83)58-39(47(76)77)12-14-43(70)71/h3-10,26-29,38-41H,1-2,11-25H2,(H,55,84)(H,56,85)(H,68,69)(H,70,71)(H,74,75)(H,76,77)(H,78,79)(H,80,81)(H2,57,59,82)(H2,58,60,83). The molecule has 3 heterocycles. The fourth-order valence-corrected chi connectivity index (χ4v) is 8.86. The van der Waals surface area contributed by atoms with E-state index in [1.54, 1.807) is 6.20 Å². The van der Waals surface area contributed by atoms with Gasteiger partial charge in [0.05, 0.1) is 24.3 Å². The minimum absolute atomic E-state index is 0.0913. The van der Waals surface area contributed by atoms with Crippen molar-refractivity contribution in [3.05, 3.63) is 101 Å². The molecule has 4 aromatic rings. The Labute approximate surface area is 482 Å². The van der Waals surface area contributed by atoms with Crippen LogP contribution < -0.4 is 31.9 Å². The van der Waals surface area contributed by atoms with Gasteiger partial charge < -0.3 is 82.1 Å². The second kappa shape index (κ2) is 30.0. The number of piperazine rings is 2. The molecule has 6 rings (SSSR count). The predicted octanol–water partition coefficient (Wildman–Crippen LogP) is 1.38. The molecule has 4 atom stereocenters. The molecule has 0 saturated carbocycles. The fourth-order valence-electron chi connectivity index (χ4n) is 8.86. The van der Waals surface area contributed by atoms with Gasteiger partial charge in [0, 0.05) is 101 Å². The maximum atomic E-state index is 14.2. The van der Waals surface area contributed by atoms with E-state index >= 15 is 0 Å². The van der Waals surface area contributed by atoms with E-state index in [1.165, 1.54) is 91.0 Å². The van der Waals surface area contributed by atoms with E-state index in [-0.39, 0.29) is 89.2 Å². The summed E-state index contributed by atoms with van der Waals surface area (Å²) < 4.78 is 14.4. The number of anilines is 2. The lowest BCUT2D eigenvalue weighted by Crippen LogP contribution is -2.52. The van der Waals surface area contributed by atoms with E-state index in [0.717, 1.165) is 0 Å². The number of carbonyl (C=O) groups is 12. The number of hydrogen-bond acceptors (Lipinski definition) is 14. The molecule has 4 unspecified atom stereocenters. The summed E-state index contributed by atoms with van der Waals surface area (Å²) in [7, 11) is 0. The highest BCUT2D eigenvalue weighted by atomic mass is 19.1. The Kier molecular flexibility index (Phi) is 22.5. The van der Waals surface area contributed by atoms with E-state index in [4.69, 9.17) is 10.2 Å². The molecule has 454 valence electrons. The highest BCUT2D eigenvalue weighted by Crippen LogP contribution is 2.22. The van der Waals surface area contributed by atoms with Crippen molar-refractivity contribution in [2.75, 3.05) is 69.7 Å². The van der Waals surface area contributed by atoms with Crippen molar-refractivity contribution >= 4 is 83.1 Å². The minimum Gasteiger partial charge on any atom is -0.481 e. The number of carbonyl (C=O) groups excluding carboxylic acids is 6. The van der Waals surface area contributed by atoms with Gasteiger partial charge in [0.1, 0.15) is 24.2 Å². The fraction of sp³-hybridized carbons (Fsp3) is 0.396. The van der Waals surface area contributed by atoms with Crippen molar-refractivity contribution in [1.29, 1.82) is 0 Å². The molecular formula is C53H62FN13O18. The Hall–Kier alpha value is -10.4. The summed E-state index contributed by atoms with van der Waals surface area (Å²) in [5.74, 6) is -9.38. The predicted molar refractivity (Wildman–Crippen MR) is 292 cm³/mol. The molecule has 31 nitrogen and oxygen atoms in total. The molecule has 2 aliphatic heterocycles. The number of aliphatic carboxylic acids is 6. The molecule has 3 aromatic carbocycles. The van der Waals surface area contributed by atoms with E-state index in [9.17, 15) is 82.4 Å². The van der Waals surface area contributed by atoms with Gasteiger partial charge in [-0.25, -0.2) is 43.0 Å². The Balaban J connectivity index is 1.03. The first-order valence-electron chi connectivity index (χ1n) is 26.5. The third-order valence-corrected chi connectivity index (χ3v) is 13.5. The molecule has 0 aliphatic carbocycles. The summed E-state index contributed by atoms with van der Waals surface area (Å²) in [4.78, 5) is 155. The Morgan fingerprint density at radius 2 is 0.859 bits per heavy atom. The van der Waals surface area contributed by atoms with Crippen LogP contribution in [0.2, 0.25) is 0 Å². The molecule has 12 N–H and O–H groups in total. The van der Waals surface area contributed by atoms with Crippen molar-refractivity contribution in [3.63, 3.8) is 0 Å². The first-order valence-corrected chi connectivity index (χ1v) is 26.5. The summed E-state index contributed by atoms with van der Waals surface area (Å²) in [6, 6.07) is 7.08. The number of nitrogens with zero attached hydrogens (tertiary/aromatic N) is 7. The van der Waals surface area contributed by atoms with Crippen molar-refractivity contribution < 1.29 is 92.6 Å². The monoisotopic (exact) mass is 1190 g/mol. The molecule has 0 spiro atoms. The van der Waals surface area contributed by atoms with Crippen LogP contribution in [0.1, 0.15) is 69.6 Å². The van der Waals surface area contributed by atoms with Gasteiger partial charge in [-0.2, -0.15) is 0 Å². The average Bonchev–Trinajstić information content (AvgIpc) is 4.12. The summed E-state index contributed by atoms with van der Waals surface area (Å²) in [6.07, 6.45) is -0.410. The molecule has 1 aromatic heterocycles. The van der Waals surface area contributed by atoms with E-state index in [1.807, 2.05) is 0 Å². The maximum Gasteiger partial charge on any atom is 0.326 e. The molecule has 2 aliphatic rings. The molecule has 2 fully saturated rings. The number of amides is 10. The van der Waals surface area contributed by atoms with Crippen LogP contribution in [0, 0.1) is 0 Å². The number of carboxylic acids is 6. The minimum atomic E-state index is -1.58. The smallest absolute Gasteiger partial charge is 0.326 e. The molecular weight excluding hydrogens is 1130 g/mol. The van der Waals surface area contributed by atoms with Gasteiger partial charge in [-0.15, -0.1) is 5.10 Å². The van der Waals surface area contributed by atoms with Crippen molar-refractivity contribution in [1.82, 2.24) is 55.9 Å². The second-order valence-corrected chi connectivity index (χ2v) is 19.6. The number of alkyl halides is 1. The largest absolute Gasteiger partial charge is 0.481 e. The topological polar surface area (TPSA) is 442 Å². The van der Waals surface area contributed by atoms with Gasteiger partial charge in [0.25, 0.3) is 11.8 Å². The van der Waals surface area contributed by atoms with Crippen LogP contribution in [0.15, 0.2) is 72.9 Å². The van der Waals surface area contributed by atoms with Crippen LogP contribution in [0.4, 0.5) is 34.9 Å². The Morgan fingerprint density at radius 3 is 1.21 bits per heavy atom. The molecule has 10 amide bonds. The zero-order valence-corrected chi connectivity index (χ0v) is 45.3. The number of halogens is 1.